The maximum Gasteiger partial charge on any atom is 0.00104 e. The van der Waals surface area contributed by atoms with Crippen LogP contribution in [0.3, 0.4) is 0 Å². The first kappa shape index (κ1) is 13.6. The van der Waals surface area contributed by atoms with E-state index in [4.69, 9.17) is 0 Å². The third kappa shape index (κ3) is 3.58. The maximum absolute atomic E-state index is 3.62. The number of nitrogens with one attached hydrogen (secondary N) is 1. The summed E-state index contributed by atoms with van der Waals surface area (Å²) < 4.78 is 0. The van der Waals surface area contributed by atoms with Crippen LogP contribution in [0.5, 0.6) is 0 Å². The number of aryl methyl sites for hydroxylation is 1. The molecule has 1 heteroatoms. The lowest BCUT2D eigenvalue weighted by atomic mass is 9.88. The fraction of sp³-hybridized carbons (Fsp3) is 0.647. The first-order chi connectivity index (χ1) is 8.66. The first-order valence-electron chi connectivity index (χ1n) is 7.44. The molecule has 100 valence electrons. The summed E-state index contributed by atoms with van der Waals surface area (Å²) in [4.78, 5) is 0. The highest BCUT2D eigenvalue weighted by molar-refractivity contribution is 5.26. The Kier molecular flexibility index (Phi) is 4.82. The van der Waals surface area contributed by atoms with Crippen LogP contribution in [0, 0.1) is 18.8 Å². The molecular formula is C17H27N. The molecule has 0 radical (unpaired) electrons. The highest BCUT2D eigenvalue weighted by atomic mass is 14.9. The van der Waals surface area contributed by atoms with Crippen molar-refractivity contribution in [2.45, 2.75) is 52.5 Å². The van der Waals surface area contributed by atoms with Crippen LogP contribution in [-0.2, 0) is 6.42 Å². The smallest absolute Gasteiger partial charge is 0.00104 e. The van der Waals surface area contributed by atoms with Gasteiger partial charge in [-0.2, -0.15) is 0 Å². The fourth-order valence-corrected chi connectivity index (χ4v) is 3.16. The van der Waals surface area contributed by atoms with E-state index in [1.54, 1.807) is 5.56 Å². The van der Waals surface area contributed by atoms with Crippen molar-refractivity contribution in [1.29, 1.82) is 0 Å². The Hall–Kier alpha value is -0.820. The van der Waals surface area contributed by atoms with Gasteiger partial charge in [0.15, 0.2) is 0 Å². The first-order valence-corrected chi connectivity index (χ1v) is 7.44. The summed E-state index contributed by atoms with van der Waals surface area (Å²) in [5, 5.41) is 3.62. The van der Waals surface area contributed by atoms with Crippen LogP contribution in [0.2, 0.25) is 0 Å². The Balaban J connectivity index is 1.93. The number of benzene rings is 1. The average Bonchev–Trinajstić information content (AvgIpc) is 2.77. The van der Waals surface area contributed by atoms with Gasteiger partial charge in [0.2, 0.25) is 0 Å². The summed E-state index contributed by atoms with van der Waals surface area (Å²) >= 11 is 0. The summed E-state index contributed by atoms with van der Waals surface area (Å²) in [6, 6.07) is 9.49. The molecule has 0 heterocycles. The van der Waals surface area contributed by atoms with Crippen molar-refractivity contribution in [3.05, 3.63) is 35.4 Å². The van der Waals surface area contributed by atoms with Gasteiger partial charge in [0.1, 0.15) is 0 Å². The van der Waals surface area contributed by atoms with Gasteiger partial charge in [0.25, 0.3) is 0 Å². The molecule has 1 saturated carbocycles. The summed E-state index contributed by atoms with van der Waals surface area (Å²) in [7, 11) is 0. The van der Waals surface area contributed by atoms with Crippen molar-refractivity contribution in [2.24, 2.45) is 11.8 Å². The predicted octanol–water partition coefficient (Wildman–Crippen LogP) is 3.95. The van der Waals surface area contributed by atoms with Gasteiger partial charge in [-0.3, -0.25) is 0 Å². The summed E-state index contributed by atoms with van der Waals surface area (Å²) in [5.41, 5.74) is 3.01. The van der Waals surface area contributed by atoms with Crippen molar-refractivity contribution in [3.63, 3.8) is 0 Å². The molecule has 1 aliphatic carbocycles. The molecule has 0 bridgehead atoms. The molecule has 18 heavy (non-hydrogen) atoms. The third-order valence-corrected chi connectivity index (χ3v) is 4.35. The zero-order valence-corrected chi connectivity index (χ0v) is 12.1. The highest BCUT2D eigenvalue weighted by Gasteiger charge is 2.27. The molecule has 2 rings (SSSR count). The Morgan fingerprint density at radius 2 is 1.89 bits per heavy atom. The molecule has 2 atom stereocenters. The number of rotatable bonds is 5. The minimum absolute atomic E-state index is 0.615. The Bertz CT molecular complexity index is 370. The van der Waals surface area contributed by atoms with Crippen molar-refractivity contribution in [2.75, 3.05) is 6.54 Å². The lowest BCUT2D eigenvalue weighted by molar-refractivity contribution is 0.354. The normalized spacial score (nSPS) is 23.8. The molecule has 1 aromatic carbocycles. The molecule has 1 aliphatic rings. The van der Waals surface area contributed by atoms with Gasteiger partial charge >= 0.3 is 0 Å². The predicted molar refractivity (Wildman–Crippen MR) is 78.9 cm³/mol. The van der Waals surface area contributed by atoms with E-state index in [1.807, 2.05) is 0 Å². The van der Waals surface area contributed by atoms with Crippen LogP contribution in [0.25, 0.3) is 0 Å². The molecule has 1 aromatic rings. The molecule has 0 aromatic heterocycles. The quantitative estimate of drug-likeness (QED) is 0.828. The van der Waals surface area contributed by atoms with Crippen LogP contribution < -0.4 is 5.32 Å². The largest absolute Gasteiger partial charge is 0.314 e. The lowest BCUT2D eigenvalue weighted by Gasteiger charge is -2.22. The maximum atomic E-state index is 3.62. The zero-order valence-electron chi connectivity index (χ0n) is 12.1. The second-order valence-electron chi connectivity index (χ2n) is 6.14. The van der Waals surface area contributed by atoms with E-state index < -0.39 is 0 Å². The van der Waals surface area contributed by atoms with Crippen LogP contribution in [0.4, 0.5) is 0 Å². The average molecular weight is 245 g/mol. The van der Waals surface area contributed by atoms with Crippen LogP contribution in [-0.4, -0.2) is 12.6 Å². The molecule has 0 saturated heterocycles. The van der Waals surface area contributed by atoms with Gasteiger partial charge in [-0.1, -0.05) is 44.5 Å². The van der Waals surface area contributed by atoms with Gasteiger partial charge in [-0.05, 0) is 55.7 Å². The second kappa shape index (κ2) is 6.38. The van der Waals surface area contributed by atoms with E-state index in [0.29, 0.717) is 6.04 Å². The van der Waals surface area contributed by atoms with E-state index in [2.05, 4.69) is 50.4 Å². The molecule has 1 fully saturated rings. The standard InChI is InChI=1S/C17H27N/c1-13(2)18-12-17-10-6-9-16(17)11-15-8-5-4-7-14(15)3/h4-5,7-8,13,16-18H,6,9-12H2,1-3H3. The third-order valence-electron chi connectivity index (χ3n) is 4.35. The molecule has 1 nitrogen and oxygen atoms in total. The van der Waals surface area contributed by atoms with E-state index in [0.717, 1.165) is 11.8 Å². The van der Waals surface area contributed by atoms with Crippen molar-refractivity contribution in [3.8, 4) is 0 Å². The van der Waals surface area contributed by atoms with Crippen molar-refractivity contribution in [1.82, 2.24) is 5.32 Å². The Morgan fingerprint density at radius 3 is 2.61 bits per heavy atom. The van der Waals surface area contributed by atoms with E-state index in [9.17, 15) is 0 Å². The minimum Gasteiger partial charge on any atom is -0.314 e. The van der Waals surface area contributed by atoms with Crippen LogP contribution in [0.15, 0.2) is 24.3 Å². The minimum atomic E-state index is 0.615. The second-order valence-corrected chi connectivity index (χ2v) is 6.14. The summed E-state index contributed by atoms with van der Waals surface area (Å²) in [5.74, 6) is 1.77. The zero-order chi connectivity index (χ0) is 13.0. The monoisotopic (exact) mass is 245 g/mol. The molecular weight excluding hydrogens is 218 g/mol. The molecule has 1 N–H and O–H groups in total. The van der Waals surface area contributed by atoms with E-state index in [-0.39, 0.29) is 0 Å². The Labute approximate surface area is 112 Å². The fourth-order valence-electron chi connectivity index (χ4n) is 3.16. The van der Waals surface area contributed by atoms with Gasteiger partial charge < -0.3 is 5.32 Å². The number of hydrogen-bond acceptors (Lipinski definition) is 1. The highest BCUT2D eigenvalue weighted by Crippen LogP contribution is 2.34. The van der Waals surface area contributed by atoms with E-state index >= 15 is 0 Å². The van der Waals surface area contributed by atoms with Crippen LogP contribution >= 0.6 is 0 Å². The van der Waals surface area contributed by atoms with Gasteiger partial charge in [0, 0.05) is 6.04 Å². The molecule has 0 aliphatic heterocycles. The lowest BCUT2D eigenvalue weighted by Crippen LogP contribution is -2.31. The Morgan fingerprint density at radius 1 is 1.17 bits per heavy atom. The molecule has 0 amide bonds. The SMILES string of the molecule is Cc1ccccc1CC1CCCC1CNC(C)C. The van der Waals surface area contributed by atoms with Crippen LogP contribution in [0.1, 0.15) is 44.2 Å². The van der Waals surface area contributed by atoms with Crippen molar-refractivity contribution < 1.29 is 0 Å². The van der Waals surface area contributed by atoms with E-state index in [1.165, 1.54) is 37.8 Å². The molecule has 2 unspecified atom stereocenters. The van der Waals surface area contributed by atoms with Crippen molar-refractivity contribution >= 4 is 0 Å². The summed E-state index contributed by atoms with van der Waals surface area (Å²) in [6.45, 7) is 7.93. The topological polar surface area (TPSA) is 12.0 Å². The summed E-state index contributed by atoms with van der Waals surface area (Å²) in [6.07, 6.45) is 5.52. The number of hydrogen-bond donors (Lipinski definition) is 1. The molecule has 0 spiro atoms. The van der Waals surface area contributed by atoms with Gasteiger partial charge in [-0.15, -0.1) is 0 Å². The van der Waals surface area contributed by atoms with Gasteiger partial charge in [-0.25, -0.2) is 0 Å². The van der Waals surface area contributed by atoms with Gasteiger partial charge in [0.05, 0.1) is 0 Å².